The highest BCUT2D eigenvalue weighted by atomic mass is 32.2. The Balaban J connectivity index is 1.94. The third-order valence-electron chi connectivity index (χ3n) is 4.93. The van der Waals surface area contributed by atoms with Gasteiger partial charge in [0.2, 0.25) is 0 Å². The lowest BCUT2D eigenvalue weighted by molar-refractivity contribution is 0.351. The molecule has 1 saturated heterocycles. The lowest BCUT2D eigenvalue weighted by Crippen LogP contribution is -2.36. The van der Waals surface area contributed by atoms with Gasteiger partial charge in [-0.25, -0.2) is 16.8 Å². The molecule has 1 aliphatic heterocycles. The summed E-state index contributed by atoms with van der Waals surface area (Å²) < 4.78 is 47.4. The van der Waals surface area contributed by atoms with Gasteiger partial charge in [0.15, 0.2) is 19.7 Å². The predicted molar refractivity (Wildman–Crippen MR) is 93.7 cm³/mol. The average Bonchev–Trinajstić information content (AvgIpc) is 2.47. The van der Waals surface area contributed by atoms with E-state index >= 15 is 0 Å². The van der Waals surface area contributed by atoms with Gasteiger partial charge < -0.3 is 5.32 Å². The Kier molecular flexibility index (Phi) is 5.74. The van der Waals surface area contributed by atoms with Gasteiger partial charge in [-0.15, -0.1) is 0 Å². The van der Waals surface area contributed by atoms with Crippen molar-refractivity contribution in [3.63, 3.8) is 0 Å². The van der Waals surface area contributed by atoms with Crippen LogP contribution < -0.4 is 5.32 Å². The SMILES string of the molecule is C[C@]1(S(=O)(=O)CCCC2CCNCC2)C=CC(S(C)(=O)=O)=CC1. The van der Waals surface area contributed by atoms with Crippen LogP contribution >= 0.6 is 0 Å². The maximum absolute atomic E-state index is 12.7. The van der Waals surface area contributed by atoms with Crippen molar-refractivity contribution in [3.8, 4) is 0 Å². The number of rotatable bonds is 6. The zero-order chi connectivity index (χ0) is 17.1. The third-order valence-corrected chi connectivity index (χ3v) is 8.64. The van der Waals surface area contributed by atoms with E-state index in [1.54, 1.807) is 13.0 Å². The standard InChI is InChI=1S/C16H27NO4S2/c1-16(9-5-15(6-10-16)22(2,18)19)23(20,21)13-3-4-14-7-11-17-12-8-14/h5-6,9,14,17H,3-4,7-8,10-13H2,1-2H3/t16-/m0/s1. The predicted octanol–water partition coefficient (Wildman–Crippen LogP) is 1.83. The van der Waals surface area contributed by atoms with Crippen molar-refractivity contribution < 1.29 is 16.8 Å². The summed E-state index contributed by atoms with van der Waals surface area (Å²) in [6, 6.07) is 0. The van der Waals surface area contributed by atoms with Crippen LogP contribution in [0.25, 0.3) is 0 Å². The van der Waals surface area contributed by atoms with E-state index in [9.17, 15) is 16.8 Å². The van der Waals surface area contributed by atoms with Crippen LogP contribution in [-0.2, 0) is 19.7 Å². The molecule has 1 heterocycles. The number of hydrogen-bond donors (Lipinski definition) is 1. The molecule has 0 aromatic carbocycles. The second-order valence-electron chi connectivity index (χ2n) is 6.88. The summed E-state index contributed by atoms with van der Waals surface area (Å²) in [5.74, 6) is 0.790. The monoisotopic (exact) mass is 361 g/mol. The minimum Gasteiger partial charge on any atom is -0.317 e. The summed E-state index contributed by atoms with van der Waals surface area (Å²) in [6.45, 7) is 3.73. The van der Waals surface area contributed by atoms with Crippen molar-refractivity contribution in [3.05, 3.63) is 23.1 Å². The van der Waals surface area contributed by atoms with E-state index in [1.807, 2.05) is 0 Å². The molecule has 5 nitrogen and oxygen atoms in total. The van der Waals surface area contributed by atoms with Crippen LogP contribution in [0.3, 0.4) is 0 Å². The Hall–Kier alpha value is -0.660. The molecule has 23 heavy (non-hydrogen) atoms. The van der Waals surface area contributed by atoms with Crippen LogP contribution in [0.2, 0.25) is 0 Å². The summed E-state index contributed by atoms with van der Waals surface area (Å²) >= 11 is 0. The molecular formula is C16H27NO4S2. The fourth-order valence-electron chi connectivity index (χ4n) is 3.17. The largest absolute Gasteiger partial charge is 0.317 e. The Morgan fingerprint density at radius 1 is 1.22 bits per heavy atom. The molecule has 0 saturated carbocycles. The normalized spacial score (nSPS) is 27.0. The van der Waals surface area contributed by atoms with Crippen molar-refractivity contribution in [2.24, 2.45) is 5.92 Å². The fraction of sp³-hybridized carbons (Fsp3) is 0.750. The van der Waals surface area contributed by atoms with Crippen molar-refractivity contribution in [2.75, 3.05) is 25.1 Å². The molecule has 7 heteroatoms. The Bertz CT molecular complexity index is 686. The van der Waals surface area contributed by atoms with E-state index in [0.29, 0.717) is 12.3 Å². The van der Waals surface area contributed by atoms with Crippen molar-refractivity contribution in [1.82, 2.24) is 5.32 Å². The Morgan fingerprint density at radius 3 is 2.39 bits per heavy atom. The van der Waals surface area contributed by atoms with E-state index in [0.717, 1.165) is 38.6 Å². The highest BCUT2D eigenvalue weighted by Gasteiger charge is 2.37. The number of hydrogen-bond acceptors (Lipinski definition) is 5. The Labute approximate surface area is 140 Å². The summed E-state index contributed by atoms with van der Waals surface area (Å²) in [7, 11) is -6.57. The summed E-state index contributed by atoms with van der Waals surface area (Å²) in [4.78, 5) is 0.208. The molecule has 1 N–H and O–H groups in total. The molecule has 2 aliphatic rings. The molecular weight excluding hydrogens is 334 g/mol. The first kappa shape index (κ1) is 18.7. The summed E-state index contributed by atoms with van der Waals surface area (Å²) in [5.41, 5.74) is 0. The summed E-state index contributed by atoms with van der Waals surface area (Å²) in [5, 5.41) is 3.31. The van der Waals surface area contributed by atoms with E-state index < -0.39 is 24.4 Å². The molecule has 0 amide bonds. The number of piperidine rings is 1. The van der Waals surface area contributed by atoms with Gasteiger partial charge in [-0.1, -0.05) is 12.2 Å². The van der Waals surface area contributed by atoms with Crippen LogP contribution in [0.5, 0.6) is 0 Å². The zero-order valence-electron chi connectivity index (χ0n) is 13.9. The van der Waals surface area contributed by atoms with Gasteiger partial charge in [-0.3, -0.25) is 0 Å². The molecule has 0 radical (unpaired) electrons. The van der Waals surface area contributed by atoms with E-state index in [1.165, 1.54) is 12.2 Å². The van der Waals surface area contributed by atoms with Crippen LogP contribution in [0.4, 0.5) is 0 Å². The van der Waals surface area contributed by atoms with Gasteiger partial charge in [0.05, 0.1) is 15.4 Å². The minimum absolute atomic E-state index is 0.166. The molecule has 0 aromatic rings. The lowest BCUT2D eigenvalue weighted by Gasteiger charge is -2.28. The first-order chi connectivity index (χ1) is 10.6. The van der Waals surface area contributed by atoms with Crippen LogP contribution in [-0.4, -0.2) is 46.7 Å². The quantitative estimate of drug-likeness (QED) is 0.781. The average molecular weight is 362 g/mol. The van der Waals surface area contributed by atoms with Crippen LogP contribution in [0.15, 0.2) is 23.1 Å². The van der Waals surface area contributed by atoms with Gasteiger partial charge in [0.1, 0.15) is 0 Å². The fourth-order valence-corrected chi connectivity index (χ4v) is 5.50. The molecule has 0 unspecified atom stereocenters. The van der Waals surface area contributed by atoms with Crippen LogP contribution in [0.1, 0.15) is 39.0 Å². The number of nitrogens with one attached hydrogen (secondary N) is 1. The molecule has 0 spiro atoms. The van der Waals surface area contributed by atoms with Crippen molar-refractivity contribution >= 4 is 19.7 Å². The Morgan fingerprint density at radius 2 is 1.87 bits per heavy atom. The molecule has 0 bridgehead atoms. The van der Waals surface area contributed by atoms with Gasteiger partial charge in [0.25, 0.3) is 0 Å². The van der Waals surface area contributed by atoms with E-state index in [2.05, 4.69) is 5.32 Å². The maximum Gasteiger partial charge on any atom is 0.175 e. The summed E-state index contributed by atoms with van der Waals surface area (Å²) in [6.07, 6.45) is 9.74. The molecule has 0 aromatic heterocycles. The second-order valence-corrected chi connectivity index (χ2v) is 11.5. The van der Waals surface area contributed by atoms with E-state index in [4.69, 9.17) is 0 Å². The third kappa shape index (κ3) is 4.67. The maximum atomic E-state index is 12.7. The van der Waals surface area contributed by atoms with Crippen LogP contribution in [0, 0.1) is 5.92 Å². The van der Waals surface area contributed by atoms with Crippen molar-refractivity contribution in [2.45, 2.75) is 43.8 Å². The minimum atomic E-state index is -3.29. The number of sulfone groups is 2. The van der Waals surface area contributed by atoms with Gasteiger partial charge in [-0.2, -0.15) is 0 Å². The first-order valence-electron chi connectivity index (χ1n) is 8.16. The molecule has 1 aliphatic carbocycles. The van der Waals surface area contributed by atoms with Gasteiger partial charge >= 0.3 is 0 Å². The number of allylic oxidation sites excluding steroid dienone is 2. The topological polar surface area (TPSA) is 80.3 Å². The molecule has 2 rings (SSSR count). The molecule has 1 atom stereocenters. The second kappa shape index (κ2) is 7.07. The lowest BCUT2D eigenvalue weighted by atomic mass is 9.94. The smallest absolute Gasteiger partial charge is 0.175 e. The first-order valence-corrected chi connectivity index (χ1v) is 11.7. The highest BCUT2D eigenvalue weighted by molar-refractivity contribution is 7.94. The van der Waals surface area contributed by atoms with E-state index in [-0.39, 0.29) is 17.1 Å². The van der Waals surface area contributed by atoms with Gasteiger partial charge in [-0.05, 0) is 64.1 Å². The zero-order valence-corrected chi connectivity index (χ0v) is 15.5. The molecule has 1 fully saturated rings. The van der Waals surface area contributed by atoms with Crippen molar-refractivity contribution in [1.29, 1.82) is 0 Å². The molecule has 132 valence electrons. The highest BCUT2D eigenvalue weighted by Crippen LogP contribution is 2.32. The van der Waals surface area contributed by atoms with Gasteiger partial charge in [0, 0.05) is 6.26 Å².